The van der Waals surface area contributed by atoms with E-state index in [4.69, 9.17) is 4.74 Å². The lowest BCUT2D eigenvalue weighted by Crippen LogP contribution is -2.29. The number of nitrogens with zero attached hydrogens (tertiary/aromatic N) is 2. The van der Waals surface area contributed by atoms with Crippen molar-refractivity contribution in [1.82, 2.24) is 0 Å². The third-order valence-electron chi connectivity index (χ3n) is 5.70. The molecule has 1 saturated heterocycles. The first kappa shape index (κ1) is 21.1. The quantitative estimate of drug-likeness (QED) is 0.302. The largest absolute Gasteiger partial charge is 0.426 e. The Balaban J connectivity index is 1.26. The van der Waals surface area contributed by atoms with Gasteiger partial charge in [-0.3, -0.25) is 19.2 Å². The van der Waals surface area contributed by atoms with Gasteiger partial charge in [-0.1, -0.05) is 28.1 Å². The van der Waals surface area contributed by atoms with Crippen LogP contribution in [0.1, 0.15) is 27.1 Å². The van der Waals surface area contributed by atoms with Crippen LogP contribution >= 0.6 is 15.9 Å². The molecule has 8 heteroatoms. The summed E-state index contributed by atoms with van der Waals surface area (Å²) in [5, 5.41) is 0. The van der Waals surface area contributed by atoms with Crippen LogP contribution in [0.3, 0.4) is 0 Å². The molecule has 7 nitrogen and oxygen atoms in total. The first-order valence-corrected chi connectivity index (χ1v) is 11.1. The molecule has 0 aromatic heterocycles. The average molecular weight is 505 g/mol. The van der Waals surface area contributed by atoms with Gasteiger partial charge >= 0.3 is 5.97 Å². The molecule has 0 N–H and O–H groups in total. The Morgan fingerprint density at radius 1 is 0.818 bits per heavy atom. The SMILES string of the molecule is O=C(Oc1ccc(N2C(=O)c3ccccc3C2=O)cc1)[C@@H]1CC(=O)N(c2ccc(Br)cc2)C1. The van der Waals surface area contributed by atoms with E-state index in [9.17, 15) is 19.2 Å². The summed E-state index contributed by atoms with van der Waals surface area (Å²) in [6.45, 7) is 0.242. The molecule has 2 aliphatic rings. The van der Waals surface area contributed by atoms with Gasteiger partial charge in [-0.15, -0.1) is 0 Å². The van der Waals surface area contributed by atoms with Crippen LogP contribution in [0, 0.1) is 5.92 Å². The molecule has 0 bridgehead atoms. The highest BCUT2D eigenvalue weighted by molar-refractivity contribution is 9.10. The molecule has 0 aliphatic carbocycles. The van der Waals surface area contributed by atoms with Crippen LogP contribution in [0.25, 0.3) is 0 Å². The van der Waals surface area contributed by atoms with Crippen molar-refractivity contribution in [2.45, 2.75) is 6.42 Å². The highest BCUT2D eigenvalue weighted by Gasteiger charge is 2.37. The number of benzene rings is 3. The van der Waals surface area contributed by atoms with Crippen molar-refractivity contribution in [3.8, 4) is 5.75 Å². The maximum Gasteiger partial charge on any atom is 0.316 e. The van der Waals surface area contributed by atoms with Crippen molar-refractivity contribution in [2.75, 3.05) is 16.3 Å². The van der Waals surface area contributed by atoms with E-state index in [0.717, 1.165) is 15.1 Å². The molecule has 33 heavy (non-hydrogen) atoms. The zero-order valence-electron chi connectivity index (χ0n) is 17.2. The Morgan fingerprint density at radius 3 is 2.00 bits per heavy atom. The van der Waals surface area contributed by atoms with Gasteiger partial charge in [0.05, 0.1) is 22.7 Å². The molecular weight excluding hydrogens is 488 g/mol. The number of hydrogen-bond acceptors (Lipinski definition) is 5. The molecule has 0 unspecified atom stereocenters. The van der Waals surface area contributed by atoms with E-state index in [0.29, 0.717) is 16.8 Å². The van der Waals surface area contributed by atoms with Crippen LogP contribution in [0.2, 0.25) is 0 Å². The number of rotatable bonds is 4. The molecule has 0 saturated carbocycles. The lowest BCUT2D eigenvalue weighted by atomic mass is 10.1. The van der Waals surface area contributed by atoms with E-state index in [2.05, 4.69) is 15.9 Å². The Bertz CT molecular complexity index is 1250. The third-order valence-corrected chi connectivity index (χ3v) is 6.23. The second-order valence-electron chi connectivity index (χ2n) is 7.79. The van der Waals surface area contributed by atoms with E-state index < -0.39 is 23.7 Å². The van der Waals surface area contributed by atoms with Gasteiger partial charge in [0.25, 0.3) is 11.8 Å². The van der Waals surface area contributed by atoms with E-state index >= 15 is 0 Å². The number of fused-ring (bicyclic) bond motifs is 1. The van der Waals surface area contributed by atoms with Gasteiger partial charge in [-0.2, -0.15) is 0 Å². The van der Waals surface area contributed by atoms with Crippen molar-refractivity contribution in [3.63, 3.8) is 0 Å². The average Bonchev–Trinajstić information content (AvgIpc) is 3.33. The predicted octanol–water partition coefficient (Wildman–Crippen LogP) is 4.21. The minimum Gasteiger partial charge on any atom is -0.426 e. The smallest absolute Gasteiger partial charge is 0.316 e. The second-order valence-corrected chi connectivity index (χ2v) is 8.70. The molecule has 3 aromatic rings. The maximum absolute atomic E-state index is 12.7. The molecule has 1 fully saturated rings. The van der Waals surface area contributed by atoms with E-state index in [1.54, 1.807) is 41.3 Å². The summed E-state index contributed by atoms with van der Waals surface area (Å²) in [7, 11) is 0. The van der Waals surface area contributed by atoms with E-state index in [-0.39, 0.29) is 24.6 Å². The van der Waals surface area contributed by atoms with Crippen molar-refractivity contribution in [1.29, 1.82) is 0 Å². The van der Waals surface area contributed by atoms with Gasteiger partial charge in [0.2, 0.25) is 5.91 Å². The Morgan fingerprint density at radius 2 is 1.39 bits per heavy atom. The molecule has 2 heterocycles. The number of esters is 1. The molecule has 3 amide bonds. The zero-order chi connectivity index (χ0) is 23.1. The van der Waals surface area contributed by atoms with E-state index in [1.807, 2.05) is 24.3 Å². The van der Waals surface area contributed by atoms with Gasteiger partial charge < -0.3 is 9.64 Å². The summed E-state index contributed by atoms with van der Waals surface area (Å²) in [6, 6.07) is 20.1. The Hall–Kier alpha value is -3.78. The summed E-state index contributed by atoms with van der Waals surface area (Å²) >= 11 is 3.36. The van der Waals surface area contributed by atoms with Gasteiger partial charge in [0.1, 0.15) is 5.75 Å². The Labute approximate surface area is 197 Å². The van der Waals surface area contributed by atoms with Crippen molar-refractivity contribution < 1.29 is 23.9 Å². The van der Waals surface area contributed by atoms with Crippen LogP contribution in [0.5, 0.6) is 5.75 Å². The number of ether oxygens (including phenoxy) is 1. The van der Waals surface area contributed by atoms with Crippen molar-refractivity contribution >= 4 is 51.0 Å². The topological polar surface area (TPSA) is 84.0 Å². The van der Waals surface area contributed by atoms with Gasteiger partial charge in [0.15, 0.2) is 0 Å². The van der Waals surface area contributed by atoms with Crippen LogP contribution in [0.4, 0.5) is 11.4 Å². The fraction of sp³-hybridized carbons (Fsp3) is 0.120. The Kier molecular flexibility index (Phi) is 5.30. The molecule has 0 spiro atoms. The highest BCUT2D eigenvalue weighted by Crippen LogP contribution is 2.31. The van der Waals surface area contributed by atoms with Crippen LogP contribution in [-0.2, 0) is 9.59 Å². The standard InChI is InChI=1S/C25H17BrN2O5/c26-16-5-7-17(8-6-16)27-14-15(13-22(27)29)25(32)33-19-11-9-18(10-12-19)28-23(30)20-3-1-2-4-21(20)24(28)31/h1-12,15H,13-14H2/t15-/m1/s1. The fourth-order valence-corrected chi connectivity index (χ4v) is 4.29. The molecule has 2 aliphatic heterocycles. The first-order valence-electron chi connectivity index (χ1n) is 10.3. The lowest BCUT2D eigenvalue weighted by molar-refractivity contribution is -0.139. The number of carbonyl (C=O) groups is 4. The molecular formula is C25H17BrN2O5. The fourth-order valence-electron chi connectivity index (χ4n) is 4.02. The van der Waals surface area contributed by atoms with Gasteiger partial charge in [0, 0.05) is 23.1 Å². The number of carbonyl (C=O) groups excluding carboxylic acids is 4. The number of hydrogen-bond donors (Lipinski definition) is 0. The lowest BCUT2D eigenvalue weighted by Gasteiger charge is -2.17. The molecule has 5 rings (SSSR count). The number of anilines is 2. The predicted molar refractivity (Wildman–Crippen MR) is 124 cm³/mol. The minimum atomic E-state index is -0.586. The molecule has 1 atom stereocenters. The van der Waals surface area contributed by atoms with E-state index in [1.165, 1.54) is 12.1 Å². The summed E-state index contributed by atoms with van der Waals surface area (Å²) in [5.41, 5.74) is 1.83. The normalized spacial score (nSPS) is 17.5. The van der Waals surface area contributed by atoms with Crippen molar-refractivity contribution in [2.24, 2.45) is 5.92 Å². The van der Waals surface area contributed by atoms with Crippen LogP contribution in [0.15, 0.2) is 77.3 Å². The monoisotopic (exact) mass is 504 g/mol. The molecule has 3 aromatic carbocycles. The number of amides is 3. The zero-order valence-corrected chi connectivity index (χ0v) is 18.8. The summed E-state index contributed by atoms with van der Waals surface area (Å²) in [4.78, 5) is 53.0. The molecule has 164 valence electrons. The maximum atomic E-state index is 12.7. The summed E-state index contributed by atoms with van der Waals surface area (Å²) < 4.78 is 6.37. The van der Waals surface area contributed by atoms with Gasteiger partial charge in [-0.25, -0.2) is 4.90 Å². The summed E-state index contributed by atoms with van der Waals surface area (Å²) in [5.74, 6) is -1.74. The van der Waals surface area contributed by atoms with Crippen LogP contribution < -0.4 is 14.5 Å². The summed E-state index contributed by atoms with van der Waals surface area (Å²) in [6.07, 6.45) is 0.0714. The number of imide groups is 1. The van der Waals surface area contributed by atoms with Crippen LogP contribution in [-0.4, -0.2) is 30.2 Å². The molecule has 0 radical (unpaired) electrons. The number of halogens is 1. The van der Waals surface area contributed by atoms with Gasteiger partial charge in [-0.05, 0) is 60.7 Å². The second kappa shape index (κ2) is 8.29. The third kappa shape index (κ3) is 3.82. The first-order chi connectivity index (χ1) is 15.9. The highest BCUT2D eigenvalue weighted by atomic mass is 79.9. The van der Waals surface area contributed by atoms with Crippen molar-refractivity contribution in [3.05, 3.63) is 88.4 Å². The minimum absolute atomic E-state index is 0.0714.